The lowest BCUT2D eigenvalue weighted by atomic mass is 10.4. The largest absolute Gasteiger partial charge is 0.357 e. The molecular formula is C8H12F2N2OS2. The Balaban J connectivity index is 2.55. The van der Waals surface area contributed by atoms with Crippen LogP contribution in [0.25, 0.3) is 0 Å². The van der Waals surface area contributed by atoms with Gasteiger partial charge in [-0.2, -0.15) is 8.78 Å². The van der Waals surface area contributed by atoms with Crippen molar-refractivity contribution in [2.24, 2.45) is 0 Å². The van der Waals surface area contributed by atoms with E-state index < -0.39 is 11.8 Å². The van der Waals surface area contributed by atoms with E-state index in [1.54, 1.807) is 18.0 Å². The van der Waals surface area contributed by atoms with E-state index in [0.717, 1.165) is 0 Å². The number of hydrogen-bond donors (Lipinski definition) is 1. The number of carbonyl (C=O) groups is 1. The summed E-state index contributed by atoms with van der Waals surface area (Å²) >= 11 is 2.92. The molecular weight excluding hydrogens is 242 g/mol. The zero-order valence-corrected chi connectivity index (χ0v) is 10.2. The molecule has 0 aromatic heterocycles. The maximum Gasteiger partial charge on any atom is 0.322 e. The highest BCUT2D eigenvalue weighted by Crippen LogP contribution is 2.35. The van der Waals surface area contributed by atoms with E-state index in [1.165, 1.54) is 11.8 Å². The van der Waals surface area contributed by atoms with Gasteiger partial charge in [-0.3, -0.25) is 4.79 Å². The van der Waals surface area contributed by atoms with E-state index in [4.69, 9.17) is 0 Å². The first kappa shape index (κ1) is 12.6. The molecule has 1 rings (SSSR count). The number of hydrogen-bond acceptors (Lipinski definition) is 4. The molecule has 15 heavy (non-hydrogen) atoms. The quantitative estimate of drug-likeness (QED) is 0.833. The second kappa shape index (κ2) is 4.61. The van der Waals surface area contributed by atoms with Crippen LogP contribution in [0.15, 0.2) is 11.2 Å². The lowest BCUT2D eigenvalue weighted by molar-refractivity contribution is -0.141. The number of nitrogens with one attached hydrogen (secondary N) is 1. The predicted molar refractivity (Wildman–Crippen MR) is 59.5 cm³/mol. The number of alkyl halides is 2. The summed E-state index contributed by atoms with van der Waals surface area (Å²) in [5, 5.41) is 2.66. The van der Waals surface area contributed by atoms with Crippen molar-refractivity contribution >= 4 is 29.4 Å². The Bertz CT molecular complexity index is 291. The Morgan fingerprint density at radius 2 is 2.33 bits per heavy atom. The fourth-order valence-corrected chi connectivity index (χ4v) is 2.88. The molecule has 0 saturated heterocycles. The van der Waals surface area contributed by atoms with Crippen LogP contribution in [-0.2, 0) is 4.79 Å². The molecule has 0 aromatic rings. The molecule has 0 saturated carbocycles. The van der Waals surface area contributed by atoms with E-state index in [-0.39, 0.29) is 4.71 Å². The summed E-state index contributed by atoms with van der Waals surface area (Å²) in [5.41, 5.74) is 0. The standard InChI is InChI=1S/C8H12F2N2OS2/c1-8(9,10)6(13)11-5-4-12(2)7(14-3)15-5/h4,7H,1-3H3,(H,11,13). The molecule has 0 aliphatic carbocycles. The van der Waals surface area contributed by atoms with Crippen molar-refractivity contribution in [3.05, 3.63) is 11.2 Å². The number of nitrogens with zero attached hydrogens (tertiary/aromatic N) is 1. The van der Waals surface area contributed by atoms with Crippen molar-refractivity contribution < 1.29 is 13.6 Å². The van der Waals surface area contributed by atoms with Gasteiger partial charge in [0, 0.05) is 20.2 Å². The van der Waals surface area contributed by atoms with Crippen LogP contribution in [0.2, 0.25) is 0 Å². The maximum atomic E-state index is 12.6. The zero-order chi connectivity index (χ0) is 11.6. The number of rotatable bonds is 3. The fourth-order valence-electron chi connectivity index (χ4n) is 0.966. The van der Waals surface area contributed by atoms with Gasteiger partial charge >= 0.3 is 5.92 Å². The van der Waals surface area contributed by atoms with Crippen molar-refractivity contribution in [1.29, 1.82) is 0 Å². The molecule has 1 aliphatic rings. The molecule has 1 unspecified atom stereocenters. The minimum Gasteiger partial charge on any atom is -0.357 e. The Kier molecular flexibility index (Phi) is 3.88. The molecule has 7 heteroatoms. The molecule has 1 amide bonds. The minimum atomic E-state index is -3.34. The molecule has 3 nitrogen and oxygen atoms in total. The lowest BCUT2D eigenvalue weighted by Gasteiger charge is -2.16. The highest BCUT2D eigenvalue weighted by atomic mass is 32.2. The SMILES string of the molecule is CSC1SC(NC(=O)C(C)(F)F)=CN1C. The summed E-state index contributed by atoms with van der Waals surface area (Å²) in [6, 6.07) is 0. The lowest BCUT2D eigenvalue weighted by Crippen LogP contribution is -2.36. The van der Waals surface area contributed by atoms with Gasteiger partial charge in [0.05, 0.1) is 5.03 Å². The number of halogens is 2. The van der Waals surface area contributed by atoms with Gasteiger partial charge in [0.25, 0.3) is 5.91 Å². The molecule has 86 valence electrons. The summed E-state index contributed by atoms with van der Waals surface area (Å²) < 4.78 is 25.3. The van der Waals surface area contributed by atoms with Gasteiger partial charge < -0.3 is 10.2 Å². The third kappa shape index (κ3) is 3.27. The van der Waals surface area contributed by atoms with Crippen molar-refractivity contribution in [3.63, 3.8) is 0 Å². The van der Waals surface area contributed by atoms with Crippen LogP contribution in [-0.4, -0.2) is 34.7 Å². The van der Waals surface area contributed by atoms with Gasteiger partial charge in [-0.25, -0.2) is 0 Å². The Morgan fingerprint density at radius 1 is 1.73 bits per heavy atom. The van der Waals surface area contributed by atoms with E-state index in [1.807, 2.05) is 18.2 Å². The molecule has 0 fully saturated rings. The average molecular weight is 254 g/mol. The molecule has 1 N–H and O–H groups in total. The maximum absolute atomic E-state index is 12.6. The molecule has 0 radical (unpaired) electrons. The van der Waals surface area contributed by atoms with Crippen LogP contribution in [0.1, 0.15) is 6.92 Å². The van der Waals surface area contributed by atoms with Crippen LogP contribution in [0.4, 0.5) is 8.78 Å². The van der Waals surface area contributed by atoms with Gasteiger partial charge in [-0.1, -0.05) is 11.8 Å². The smallest absolute Gasteiger partial charge is 0.322 e. The highest BCUT2D eigenvalue weighted by Gasteiger charge is 2.34. The first-order valence-corrected chi connectivity index (χ1v) is 6.34. The predicted octanol–water partition coefficient (Wildman–Crippen LogP) is 1.88. The van der Waals surface area contributed by atoms with E-state index >= 15 is 0 Å². The summed E-state index contributed by atoms with van der Waals surface area (Å²) in [6.45, 7) is 0.582. The molecule has 0 bridgehead atoms. The minimum absolute atomic E-state index is 0.130. The van der Waals surface area contributed by atoms with Gasteiger partial charge in [0.1, 0.15) is 4.71 Å². The average Bonchev–Trinajstić information content (AvgIpc) is 2.44. The van der Waals surface area contributed by atoms with Gasteiger partial charge in [-0.05, 0) is 6.26 Å². The first-order chi connectivity index (χ1) is 6.84. The van der Waals surface area contributed by atoms with E-state index in [0.29, 0.717) is 12.0 Å². The molecule has 1 aliphatic heterocycles. The number of thioether (sulfide) groups is 2. The van der Waals surface area contributed by atoms with Crippen molar-refractivity contribution in [3.8, 4) is 0 Å². The molecule has 0 aromatic carbocycles. The molecule has 0 spiro atoms. The van der Waals surface area contributed by atoms with E-state index in [9.17, 15) is 13.6 Å². The van der Waals surface area contributed by atoms with E-state index in [2.05, 4.69) is 5.32 Å². The summed E-state index contributed by atoms with van der Waals surface area (Å²) in [4.78, 5) is 12.8. The summed E-state index contributed by atoms with van der Waals surface area (Å²) in [6.07, 6.45) is 3.57. The van der Waals surface area contributed by atoms with Crippen molar-refractivity contribution in [2.45, 2.75) is 17.6 Å². The Hall–Kier alpha value is -0.430. The summed E-state index contributed by atoms with van der Waals surface area (Å²) in [7, 11) is 1.83. The van der Waals surface area contributed by atoms with Crippen LogP contribution in [0.3, 0.4) is 0 Å². The van der Waals surface area contributed by atoms with Gasteiger partial charge in [0.2, 0.25) is 0 Å². The van der Waals surface area contributed by atoms with Gasteiger partial charge in [-0.15, -0.1) is 11.8 Å². The first-order valence-electron chi connectivity index (χ1n) is 4.17. The van der Waals surface area contributed by atoms with Crippen molar-refractivity contribution in [1.82, 2.24) is 10.2 Å². The Morgan fingerprint density at radius 3 is 2.73 bits per heavy atom. The van der Waals surface area contributed by atoms with Crippen LogP contribution < -0.4 is 5.32 Å². The third-order valence-corrected chi connectivity index (χ3v) is 4.32. The van der Waals surface area contributed by atoms with Crippen LogP contribution in [0, 0.1) is 0 Å². The monoisotopic (exact) mass is 254 g/mol. The third-order valence-electron chi connectivity index (χ3n) is 1.72. The molecule has 1 heterocycles. The Labute approximate surface area is 95.6 Å². The topological polar surface area (TPSA) is 32.3 Å². The number of carbonyl (C=O) groups excluding carboxylic acids is 1. The summed E-state index contributed by atoms with van der Waals surface area (Å²) in [5.74, 6) is -4.60. The second-order valence-electron chi connectivity index (χ2n) is 3.16. The van der Waals surface area contributed by atoms with Crippen molar-refractivity contribution in [2.75, 3.05) is 13.3 Å². The number of amides is 1. The molecule has 1 atom stereocenters. The van der Waals surface area contributed by atoms with Gasteiger partial charge in [0.15, 0.2) is 0 Å². The van der Waals surface area contributed by atoms with Crippen LogP contribution >= 0.6 is 23.5 Å². The fraction of sp³-hybridized carbons (Fsp3) is 0.625. The second-order valence-corrected chi connectivity index (χ2v) is 5.50. The van der Waals surface area contributed by atoms with Crippen LogP contribution in [0.5, 0.6) is 0 Å². The zero-order valence-electron chi connectivity index (χ0n) is 8.58. The normalized spacial score (nSPS) is 21.5. The highest BCUT2D eigenvalue weighted by molar-refractivity contribution is 8.18.